The monoisotopic (exact) mass is 270 g/mol. The first kappa shape index (κ1) is 19.0. The van der Waals surface area contributed by atoms with E-state index in [0.717, 1.165) is 12.3 Å². The predicted molar refractivity (Wildman–Crippen MR) is 69.1 cm³/mol. The molecule has 6 heteroatoms. The fourth-order valence-corrected chi connectivity index (χ4v) is 0.666. The molecule has 0 saturated carbocycles. The highest BCUT2D eigenvalue weighted by Crippen LogP contribution is 1.96. The number of carbonyl (C=O) groups is 3. The van der Waals surface area contributed by atoms with E-state index in [-0.39, 0.29) is 18.0 Å². The van der Waals surface area contributed by atoms with Gasteiger partial charge in [-0.15, -0.1) is 0 Å². The lowest BCUT2D eigenvalue weighted by Crippen LogP contribution is -2.00. The van der Waals surface area contributed by atoms with Crippen molar-refractivity contribution < 1.29 is 29.0 Å². The summed E-state index contributed by atoms with van der Waals surface area (Å²) >= 11 is 0. The number of hydrogen-bond donors (Lipinski definition) is 1. The lowest BCUT2D eigenvalue weighted by molar-refractivity contribution is -0.138. The van der Waals surface area contributed by atoms with Gasteiger partial charge >= 0.3 is 17.9 Å². The molecule has 0 spiro atoms. The minimum atomic E-state index is -1.04. The van der Waals surface area contributed by atoms with E-state index in [1.165, 1.54) is 13.0 Å². The third kappa shape index (κ3) is 13.6. The van der Waals surface area contributed by atoms with Crippen LogP contribution in [0.2, 0.25) is 0 Å². The molecule has 0 unspecified atom stereocenters. The molecule has 1 N–H and O–H groups in total. The molecule has 0 aromatic heterocycles. The van der Waals surface area contributed by atoms with Crippen LogP contribution in [0.15, 0.2) is 37.1 Å². The van der Waals surface area contributed by atoms with Crippen molar-refractivity contribution in [2.75, 3.05) is 6.61 Å². The summed E-state index contributed by atoms with van der Waals surface area (Å²) in [4.78, 5) is 30.9. The molecule has 0 radical (unpaired) electrons. The van der Waals surface area contributed by atoms with Crippen LogP contribution in [-0.2, 0) is 23.9 Å². The van der Waals surface area contributed by atoms with E-state index in [2.05, 4.69) is 22.6 Å². The molecule has 0 fully saturated rings. The van der Waals surface area contributed by atoms with Gasteiger partial charge in [-0.25, -0.2) is 9.59 Å². The van der Waals surface area contributed by atoms with Gasteiger partial charge in [0.2, 0.25) is 0 Å². The van der Waals surface area contributed by atoms with Crippen LogP contribution in [0.4, 0.5) is 0 Å². The molecule has 0 aliphatic rings. The van der Waals surface area contributed by atoms with E-state index in [1.807, 2.05) is 0 Å². The van der Waals surface area contributed by atoms with Gasteiger partial charge in [-0.2, -0.15) is 0 Å². The van der Waals surface area contributed by atoms with Crippen LogP contribution in [-0.4, -0.2) is 29.6 Å². The van der Waals surface area contributed by atoms with Gasteiger partial charge in [0.1, 0.15) is 0 Å². The minimum Gasteiger partial charge on any atom is -0.478 e. The standard InChI is InChI=1S/C8H10O4.C5H8O2/c1-3-12-7(9)5-4-6(2)8(10)11;1-3-5(6)7-4-2/h3-4H,1,5H2,2H3,(H,10,11);3H,1,4H2,2H3. The van der Waals surface area contributed by atoms with Crippen LogP contribution in [0, 0.1) is 0 Å². The molecule has 0 amide bonds. The Morgan fingerprint density at radius 2 is 1.84 bits per heavy atom. The first-order valence-corrected chi connectivity index (χ1v) is 5.38. The molecule has 0 atom stereocenters. The van der Waals surface area contributed by atoms with E-state index in [1.54, 1.807) is 6.92 Å². The Balaban J connectivity index is 0. The van der Waals surface area contributed by atoms with Crippen LogP contribution in [0.25, 0.3) is 0 Å². The van der Waals surface area contributed by atoms with Gasteiger partial charge in [0, 0.05) is 11.6 Å². The van der Waals surface area contributed by atoms with Crippen molar-refractivity contribution in [1.82, 2.24) is 0 Å². The Hall–Kier alpha value is -2.37. The number of aliphatic carboxylic acids is 1. The number of carboxylic acids is 1. The molecular weight excluding hydrogens is 252 g/mol. The van der Waals surface area contributed by atoms with Crippen molar-refractivity contribution in [1.29, 1.82) is 0 Å². The van der Waals surface area contributed by atoms with Gasteiger partial charge in [0.05, 0.1) is 19.3 Å². The Labute approximate surface area is 112 Å². The summed E-state index contributed by atoms with van der Waals surface area (Å²) in [6.45, 7) is 9.97. The van der Waals surface area contributed by atoms with Gasteiger partial charge in [-0.3, -0.25) is 4.79 Å². The summed E-state index contributed by atoms with van der Waals surface area (Å²) in [5.41, 5.74) is 0.121. The van der Waals surface area contributed by atoms with Crippen molar-refractivity contribution in [3.8, 4) is 0 Å². The summed E-state index contributed by atoms with van der Waals surface area (Å²) in [6, 6.07) is 0. The number of ether oxygens (including phenoxy) is 2. The highest BCUT2D eigenvalue weighted by Gasteiger charge is 2.02. The lowest BCUT2D eigenvalue weighted by atomic mass is 10.2. The molecule has 6 nitrogen and oxygen atoms in total. The van der Waals surface area contributed by atoms with Crippen LogP contribution in [0.5, 0.6) is 0 Å². The normalized spacial score (nSPS) is 9.47. The SMILES string of the molecule is C=CC(=O)OCC.C=COC(=O)CC=C(C)C(=O)O. The van der Waals surface area contributed by atoms with Gasteiger partial charge in [-0.05, 0) is 13.8 Å². The van der Waals surface area contributed by atoms with Crippen molar-refractivity contribution >= 4 is 17.9 Å². The van der Waals surface area contributed by atoms with Gasteiger partial charge in [-0.1, -0.05) is 19.2 Å². The van der Waals surface area contributed by atoms with Crippen LogP contribution in [0.3, 0.4) is 0 Å². The number of rotatable bonds is 6. The molecule has 0 rings (SSSR count). The van der Waals surface area contributed by atoms with E-state index in [4.69, 9.17) is 5.11 Å². The number of carboxylic acid groups (broad SMARTS) is 1. The van der Waals surface area contributed by atoms with Crippen LogP contribution < -0.4 is 0 Å². The summed E-state index contributed by atoms with van der Waals surface area (Å²) in [7, 11) is 0. The molecule has 0 bridgehead atoms. The highest BCUT2D eigenvalue weighted by molar-refractivity contribution is 5.86. The number of hydrogen-bond acceptors (Lipinski definition) is 5. The molecule has 0 aromatic carbocycles. The maximum atomic E-state index is 10.6. The molecular formula is C13H18O6. The first-order valence-electron chi connectivity index (χ1n) is 5.38. The van der Waals surface area contributed by atoms with Crippen molar-refractivity contribution in [2.45, 2.75) is 20.3 Å². The molecule has 0 aliphatic heterocycles. The maximum Gasteiger partial charge on any atom is 0.330 e. The molecule has 0 heterocycles. The van der Waals surface area contributed by atoms with E-state index in [9.17, 15) is 14.4 Å². The highest BCUT2D eigenvalue weighted by atomic mass is 16.5. The third-order valence-electron chi connectivity index (χ3n) is 1.58. The Bertz CT molecular complexity index is 367. The van der Waals surface area contributed by atoms with Crippen LogP contribution >= 0.6 is 0 Å². The topological polar surface area (TPSA) is 89.9 Å². The third-order valence-corrected chi connectivity index (χ3v) is 1.58. The Kier molecular flexibility index (Phi) is 12.1. The lowest BCUT2D eigenvalue weighted by Gasteiger charge is -1.94. The average Bonchev–Trinajstić information content (AvgIpc) is 2.37. The van der Waals surface area contributed by atoms with Crippen molar-refractivity contribution in [3.05, 3.63) is 37.1 Å². The van der Waals surface area contributed by atoms with Gasteiger partial charge in [0.25, 0.3) is 0 Å². The Morgan fingerprint density at radius 3 is 2.16 bits per heavy atom. The largest absolute Gasteiger partial charge is 0.478 e. The van der Waals surface area contributed by atoms with Crippen molar-refractivity contribution in [3.63, 3.8) is 0 Å². The van der Waals surface area contributed by atoms with E-state index < -0.39 is 11.9 Å². The van der Waals surface area contributed by atoms with Crippen molar-refractivity contribution in [2.24, 2.45) is 0 Å². The molecule has 0 aliphatic carbocycles. The zero-order valence-corrected chi connectivity index (χ0v) is 11.0. The second-order valence-electron chi connectivity index (χ2n) is 3.01. The second-order valence-corrected chi connectivity index (χ2v) is 3.01. The molecule has 0 aromatic rings. The van der Waals surface area contributed by atoms with Gasteiger partial charge < -0.3 is 14.6 Å². The minimum absolute atomic E-state index is 0.0514. The number of esters is 2. The smallest absolute Gasteiger partial charge is 0.330 e. The average molecular weight is 270 g/mol. The summed E-state index contributed by atoms with van der Waals surface area (Å²) < 4.78 is 8.79. The fourth-order valence-electron chi connectivity index (χ4n) is 0.666. The molecule has 0 saturated heterocycles. The summed E-state index contributed by atoms with van der Waals surface area (Å²) in [6.07, 6.45) is 3.38. The van der Waals surface area contributed by atoms with Gasteiger partial charge in [0.15, 0.2) is 0 Å². The second kappa shape index (κ2) is 12.1. The Morgan fingerprint density at radius 1 is 1.26 bits per heavy atom. The molecule has 106 valence electrons. The maximum absolute atomic E-state index is 10.6. The zero-order chi connectivity index (χ0) is 15.3. The van der Waals surface area contributed by atoms with Crippen LogP contribution in [0.1, 0.15) is 20.3 Å². The fraction of sp³-hybridized carbons (Fsp3) is 0.308. The number of carbonyl (C=O) groups excluding carboxylic acids is 2. The predicted octanol–water partition coefficient (Wildman–Crippen LogP) is 1.83. The van der Waals surface area contributed by atoms with E-state index >= 15 is 0 Å². The van der Waals surface area contributed by atoms with E-state index in [0.29, 0.717) is 6.61 Å². The molecule has 19 heavy (non-hydrogen) atoms. The first-order chi connectivity index (χ1) is 8.88. The summed E-state index contributed by atoms with van der Waals surface area (Å²) in [5.74, 6) is -1.92. The summed E-state index contributed by atoms with van der Waals surface area (Å²) in [5, 5.41) is 8.38. The zero-order valence-electron chi connectivity index (χ0n) is 11.0. The quantitative estimate of drug-likeness (QED) is 0.450.